The fourth-order valence-corrected chi connectivity index (χ4v) is 8.99. The van der Waals surface area contributed by atoms with E-state index in [-0.39, 0.29) is 49.6 Å². The highest BCUT2D eigenvalue weighted by molar-refractivity contribution is 5.95. The molecule has 366 valence electrons. The Kier molecular flexibility index (Phi) is 15.1. The fraction of sp³-hybridized carbons (Fsp3) is 0.588. The molecule has 2 fully saturated rings. The topological polar surface area (TPSA) is 178 Å². The van der Waals surface area contributed by atoms with E-state index in [1.165, 1.54) is 5.01 Å². The van der Waals surface area contributed by atoms with Gasteiger partial charge in [-0.05, 0) is 109 Å². The second-order valence-corrected chi connectivity index (χ2v) is 20.3. The van der Waals surface area contributed by atoms with Gasteiger partial charge >= 0.3 is 5.97 Å². The summed E-state index contributed by atoms with van der Waals surface area (Å²) in [6, 6.07) is 8.47. The molecule has 3 aliphatic heterocycles. The van der Waals surface area contributed by atoms with Gasteiger partial charge in [0.15, 0.2) is 11.6 Å². The van der Waals surface area contributed by atoms with Gasteiger partial charge in [-0.2, -0.15) is 5.10 Å². The van der Waals surface area contributed by atoms with E-state index in [1.807, 2.05) is 72.8 Å². The number of amides is 3. The van der Waals surface area contributed by atoms with Gasteiger partial charge < -0.3 is 29.0 Å². The Morgan fingerprint density at radius 1 is 1.13 bits per heavy atom. The van der Waals surface area contributed by atoms with E-state index in [0.717, 1.165) is 39.0 Å². The number of methoxy groups -OCH3 is 1. The maximum absolute atomic E-state index is 14.6. The van der Waals surface area contributed by atoms with Crippen LogP contribution in [0.2, 0.25) is 0 Å². The number of nitrogens with one attached hydrogen (secondary N) is 2. The molecular weight excluding hydrogens is 865 g/mol. The lowest BCUT2D eigenvalue weighted by atomic mass is 9.84. The minimum atomic E-state index is -1.08. The molecule has 0 spiro atoms. The highest BCUT2D eigenvalue weighted by Crippen LogP contribution is 2.42. The fourth-order valence-electron chi connectivity index (χ4n) is 8.99. The van der Waals surface area contributed by atoms with Crippen LogP contribution in [-0.2, 0) is 59.8 Å². The summed E-state index contributed by atoms with van der Waals surface area (Å²) < 4.78 is 22.2. The summed E-state index contributed by atoms with van der Waals surface area (Å²) in [4.78, 5) is 69.0. The Hall–Kier alpha value is -5.67. The number of pyridine rings is 1. The van der Waals surface area contributed by atoms with Gasteiger partial charge in [-0.3, -0.25) is 34.1 Å². The van der Waals surface area contributed by atoms with Gasteiger partial charge in [-0.25, -0.2) is 15.1 Å². The number of rotatable bonds is 11. The Morgan fingerprint density at radius 2 is 1.88 bits per heavy atom. The normalized spacial score (nSPS) is 20.1. The molecule has 17 nitrogen and oxygen atoms in total. The summed E-state index contributed by atoms with van der Waals surface area (Å²) in [7, 11) is 7.34. The summed E-state index contributed by atoms with van der Waals surface area (Å²) in [5.74, 6) is 4.52. The molecule has 6 bridgehead atoms. The van der Waals surface area contributed by atoms with Crippen LogP contribution in [0.3, 0.4) is 0 Å². The molecule has 6 heterocycles. The SMILES string of the molecule is CCn1c(-c2cccnc2[C@H](C)OC)c2c3cc(ccc31)-c1nc(nn1C)C[C@H](NC(=O)[C@@H](COC1CN(C(=O)C#CC(C)(C)N(C)C)C1)C(C)C)C(=O)N1CCC[C@H](N1)C(=O)OCC(C)(C)C2. The molecule has 3 aromatic heterocycles. The summed E-state index contributed by atoms with van der Waals surface area (Å²) in [5.41, 5.74) is 7.94. The molecule has 0 radical (unpaired) electrons. The minimum Gasteiger partial charge on any atom is -0.464 e. The van der Waals surface area contributed by atoms with Crippen LogP contribution in [0.4, 0.5) is 0 Å². The third-order valence-corrected chi connectivity index (χ3v) is 13.8. The van der Waals surface area contributed by atoms with Gasteiger partial charge in [0.05, 0.1) is 48.3 Å². The van der Waals surface area contributed by atoms with Crippen molar-refractivity contribution < 1.29 is 33.4 Å². The zero-order valence-corrected chi connectivity index (χ0v) is 41.9. The lowest BCUT2D eigenvalue weighted by Crippen LogP contribution is -2.61. The van der Waals surface area contributed by atoms with Gasteiger partial charge in [0, 0.05) is 80.4 Å². The van der Waals surface area contributed by atoms with E-state index in [4.69, 9.17) is 29.3 Å². The predicted octanol–water partition coefficient (Wildman–Crippen LogP) is 4.72. The highest BCUT2D eigenvalue weighted by atomic mass is 16.5. The molecule has 3 amide bonds. The van der Waals surface area contributed by atoms with E-state index < -0.39 is 40.8 Å². The first-order valence-electron chi connectivity index (χ1n) is 23.9. The van der Waals surface area contributed by atoms with E-state index in [0.29, 0.717) is 57.1 Å². The first kappa shape index (κ1) is 50.2. The summed E-state index contributed by atoms with van der Waals surface area (Å²) in [5, 5.41) is 10.3. The Labute approximate surface area is 400 Å². The van der Waals surface area contributed by atoms with Crippen LogP contribution in [0.25, 0.3) is 33.5 Å². The van der Waals surface area contributed by atoms with Gasteiger partial charge in [-0.1, -0.05) is 33.6 Å². The summed E-state index contributed by atoms with van der Waals surface area (Å²) in [6.45, 7) is 18.1. The van der Waals surface area contributed by atoms with Crippen molar-refractivity contribution in [1.29, 1.82) is 0 Å². The smallest absolute Gasteiger partial charge is 0.324 e. The van der Waals surface area contributed by atoms with E-state index in [1.54, 1.807) is 22.9 Å². The molecule has 2 saturated heterocycles. The zero-order valence-electron chi connectivity index (χ0n) is 41.9. The molecule has 0 saturated carbocycles. The standard InChI is InChI=1S/C51H70N10O7/c1-13-60-41-19-18-33-24-36(41)37(45(60)35-16-14-22-52-44(35)32(4)66-12)26-50(5,6)30-68-49(65)39-17-15-23-61(55-39)48(64)40(25-42-54-46(33)58(11)56-42)53-47(63)38(31(2)3)29-67-34-27-59(28-34)43(62)20-21-51(7,8)57(9)10/h14,16,18-19,22,24,31-32,34,38-40,55H,13,15,17,23,25-30H2,1-12H3,(H,53,63)/t32-,38-,39-,40-/m0/s1. The number of aryl methyl sites for hydroxylation is 2. The van der Waals surface area contributed by atoms with Gasteiger partial charge in [0.2, 0.25) is 5.91 Å². The van der Waals surface area contributed by atoms with E-state index >= 15 is 0 Å². The van der Waals surface area contributed by atoms with Crippen LogP contribution < -0.4 is 10.7 Å². The van der Waals surface area contributed by atoms with Crippen molar-refractivity contribution in [2.75, 3.05) is 54.1 Å². The largest absolute Gasteiger partial charge is 0.464 e. The van der Waals surface area contributed by atoms with Crippen molar-refractivity contribution in [1.82, 2.24) is 49.9 Å². The lowest BCUT2D eigenvalue weighted by molar-refractivity contribution is -0.155. The average Bonchev–Trinajstić information content (AvgIpc) is 3.81. The number of fused-ring (bicyclic) bond motifs is 6. The second-order valence-electron chi connectivity index (χ2n) is 20.3. The predicted molar refractivity (Wildman–Crippen MR) is 258 cm³/mol. The van der Waals surface area contributed by atoms with Crippen LogP contribution in [0.15, 0.2) is 36.5 Å². The van der Waals surface area contributed by atoms with Crippen molar-refractivity contribution in [3.63, 3.8) is 0 Å². The lowest BCUT2D eigenvalue weighted by Gasteiger charge is -2.38. The van der Waals surface area contributed by atoms with Gasteiger partial charge in [-0.15, -0.1) is 0 Å². The van der Waals surface area contributed by atoms with Crippen LogP contribution >= 0.6 is 0 Å². The third-order valence-electron chi connectivity index (χ3n) is 13.8. The number of esters is 1. The third kappa shape index (κ3) is 10.8. The molecule has 17 heteroatoms. The van der Waals surface area contributed by atoms with Gasteiger partial charge in [0.1, 0.15) is 12.1 Å². The van der Waals surface area contributed by atoms with Crippen molar-refractivity contribution in [3.8, 4) is 34.5 Å². The first-order valence-corrected chi connectivity index (χ1v) is 23.9. The number of carbonyl (C=O) groups is 4. The van der Waals surface area contributed by atoms with Crippen molar-refractivity contribution in [2.45, 2.75) is 117 Å². The number of hydrazine groups is 1. The molecule has 4 atom stereocenters. The zero-order chi connectivity index (χ0) is 49.2. The van der Waals surface area contributed by atoms with Crippen molar-refractivity contribution in [3.05, 3.63) is 53.6 Å². The number of hydrogen-bond donors (Lipinski definition) is 2. The van der Waals surface area contributed by atoms with Gasteiger partial charge in [0.25, 0.3) is 11.8 Å². The maximum atomic E-state index is 14.6. The molecule has 0 aliphatic carbocycles. The van der Waals surface area contributed by atoms with Crippen molar-refractivity contribution >= 4 is 34.6 Å². The number of carbonyl (C=O) groups excluding carboxylic acids is 4. The maximum Gasteiger partial charge on any atom is 0.324 e. The number of ether oxygens (including phenoxy) is 3. The monoisotopic (exact) mass is 935 g/mol. The summed E-state index contributed by atoms with van der Waals surface area (Å²) in [6.07, 6.45) is 2.85. The molecule has 68 heavy (non-hydrogen) atoms. The summed E-state index contributed by atoms with van der Waals surface area (Å²) >= 11 is 0. The van der Waals surface area contributed by atoms with E-state index in [2.05, 4.69) is 66.1 Å². The Balaban J connectivity index is 1.20. The molecule has 1 aromatic carbocycles. The van der Waals surface area contributed by atoms with Crippen molar-refractivity contribution in [2.24, 2.45) is 24.3 Å². The van der Waals surface area contributed by atoms with Crippen LogP contribution in [-0.4, -0.2) is 141 Å². The second kappa shape index (κ2) is 20.5. The number of nitrogens with zero attached hydrogens (tertiary/aromatic N) is 8. The number of benzene rings is 1. The van der Waals surface area contributed by atoms with E-state index in [9.17, 15) is 19.2 Å². The molecule has 7 rings (SSSR count). The van der Waals surface area contributed by atoms with Crippen LogP contribution in [0.1, 0.15) is 91.4 Å². The highest BCUT2D eigenvalue weighted by Gasteiger charge is 2.38. The Bertz CT molecular complexity index is 2580. The van der Waals surface area contributed by atoms with Crippen LogP contribution in [0.5, 0.6) is 0 Å². The van der Waals surface area contributed by atoms with Crippen LogP contribution in [0, 0.1) is 29.1 Å². The number of cyclic esters (lactones) is 1. The minimum absolute atomic E-state index is 0.0117. The Morgan fingerprint density at radius 3 is 2.57 bits per heavy atom. The first-order chi connectivity index (χ1) is 32.2. The quantitative estimate of drug-likeness (QED) is 0.157. The molecule has 2 N–H and O–H groups in total. The number of aromatic nitrogens is 5. The molecular formula is C51H70N10O7. The number of hydrogen-bond acceptors (Lipinski definition) is 12. The molecule has 4 aromatic rings. The molecule has 3 aliphatic rings. The number of likely N-dealkylation sites (tertiary alicyclic amines) is 1. The molecule has 0 unspecified atom stereocenters. The average molecular weight is 935 g/mol.